The Balaban J connectivity index is 3.94. The summed E-state index contributed by atoms with van der Waals surface area (Å²) in [6.45, 7) is 6.94. The minimum Gasteiger partial charge on any atom is -0.383 e. The molecule has 90 valence electrons. The largest absolute Gasteiger partial charge is 0.383 e. The lowest BCUT2D eigenvalue weighted by Crippen LogP contribution is -2.51. The fourth-order valence-corrected chi connectivity index (χ4v) is 1.16. The Morgan fingerprint density at radius 1 is 1.47 bits per heavy atom. The summed E-state index contributed by atoms with van der Waals surface area (Å²) in [6.07, 6.45) is 0.569. The van der Waals surface area contributed by atoms with Crippen molar-refractivity contribution in [2.24, 2.45) is 11.5 Å². The van der Waals surface area contributed by atoms with Gasteiger partial charge in [0.05, 0.1) is 12.1 Å². The molecule has 5 nitrogen and oxygen atoms in total. The van der Waals surface area contributed by atoms with Gasteiger partial charge in [-0.05, 0) is 19.9 Å². The van der Waals surface area contributed by atoms with Crippen molar-refractivity contribution in [2.75, 3.05) is 33.4 Å². The number of carbonyl (C=O) groups excluding carboxylic acids is 1. The average molecular weight is 217 g/mol. The van der Waals surface area contributed by atoms with Gasteiger partial charge in [-0.15, -0.1) is 0 Å². The molecular formula is C10H23N3O2. The lowest BCUT2D eigenvalue weighted by molar-refractivity contribution is -0.122. The number of methoxy groups -OCH3 is 1. The van der Waals surface area contributed by atoms with Crippen LogP contribution in [-0.4, -0.2) is 49.7 Å². The molecule has 0 aliphatic rings. The van der Waals surface area contributed by atoms with E-state index in [-0.39, 0.29) is 0 Å². The average Bonchev–Trinajstić information content (AvgIpc) is 2.18. The van der Waals surface area contributed by atoms with Crippen LogP contribution in [0.1, 0.15) is 20.3 Å². The Morgan fingerprint density at radius 2 is 2.07 bits per heavy atom. The van der Waals surface area contributed by atoms with Gasteiger partial charge >= 0.3 is 0 Å². The summed E-state index contributed by atoms with van der Waals surface area (Å²) in [5, 5.41) is 0. The van der Waals surface area contributed by atoms with Gasteiger partial charge < -0.3 is 21.1 Å². The molecule has 5 heteroatoms. The molecule has 0 bridgehead atoms. The Morgan fingerprint density at radius 3 is 2.47 bits per heavy atom. The molecule has 0 aromatic rings. The second-order valence-corrected chi connectivity index (χ2v) is 3.96. The van der Waals surface area contributed by atoms with Gasteiger partial charge in [0.25, 0.3) is 0 Å². The van der Waals surface area contributed by atoms with E-state index in [1.807, 2.05) is 0 Å². The van der Waals surface area contributed by atoms with Crippen molar-refractivity contribution in [3.8, 4) is 0 Å². The summed E-state index contributed by atoms with van der Waals surface area (Å²) in [4.78, 5) is 13.2. The topological polar surface area (TPSA) is 81.6 Å². The van der Waals surface area contributed by atoms with E-state index >= 15 is 0 Å². The quantitative estimate of drug-likeness (QED) is 0.577. The van der Waals surface area contributed by atoms with Crippen molar-refractivity contribution < 1.29 is 9.53 Å². The highest BCUT2D eigenvalue weighted by Crippen LogP contribution is 2.06. The highest BCUT2D eigenvalue weighted by Gasteiger charge is 2.25. The van der Waals surface area contributed by atoms with Crippen molar-refractivity contribution in [2.45, 2.75) is 25.8 Å². The molecule has 0 rings (SSSR count). The normalized spacial score (nSPS) is 15.3. The highest BCUT2D eigenvalue weighted by atomic mass is 16.5. The lowest BCUT2D eigenvalue weighted by atomic mass is 9.98. The third kappa shape index (κ3) is 5.71. The molecule has 0 aliphatic carbocycles. The van der Waals surface area contributed by atoms with Gasteiger partial charge in [-0.25, -0.2) is 0 Å². The maximum Gasteiger partial charge on any atom is 0.237 e. The van der Waals surface area contributed by atoms with Gasteiger partial charge in [-0.1, -0.05) is 6.92 Å². The van der Waals surface area contributed by atoms with Gasteiger partial charge in [0, 0.05) is 20.2 Å². The van der Waals surface area contributed by atoms with E-state index in [4.69, 9.17) is 16.2 Å². The number of nitrogens with zero attached hydrogens (tertiary/aromatic N) is 1. The molecule has 0 heterocycles. The number of amides is 1. The first-order valence-electron chi connectivity index (χ1n) is 5.24. The van der Waals surface area contributed by atoms with Crippen LogP contribution in [0.15, 0.2) is 0 Å². The standard InChI is InChI=1S/C10H23N3O2/c1-4-13(7-8-15-3)6-5-10(2,12)9(11)14/h4-8,12H2,1-3H3,(H2,11,14). The first-order valence-corrected chi connectivity index (χ1v) is 5.24. The van der Waals surface area contributed by atoms with Crippen molar-refractivity contribution in [1.29, 1.82) is 0 Å². The summed E-state index contributed by atoms with van der Waals surface area (Å²) >= 11 is 0. The number of hydrogen-bond acceptors (Lipinski definition) is 4. The van der Waals surface area contributed by atoms with Crippen molar-refractivity contribution in [1.82, 2.24) is 4.90 Å². The van der Waals surface area contributed by atoms with Crippen LogP contribution in [0.2, 0.25) is 0 Å². The Bertz CT molecular complexity index is 195. The van der Waals surface area contributed by atoms with Gasteiger partial charge in [0.1, 0.15) is 0 Å². The summed E-state index contributed by atoms with van der Waals surface area (Å²) in [5.41, 5.74) is 10.0. The molecule has 0 saturated carbocycles. The zero-order valence-electron chi connectivity index (χ0n) is 9.95. The molecular weight excluding hydrogens is 194 g/mol. The van der Waals surface area contributed by atoms with Gasteiger partial charge in [0.15, 0.2) is 0 Å². The molecule has 0 spiro atoms. The van der Waals surface area contributed by atoms with E-state index in [0.717, 1.165) is 19.6 Å². The predicted molar refractivity (Wildman–Crippen MR) is 60.4 cm³/mol. The minimum absolute atomic E-state index is 0.453. The molecule has 0 aliphatic heterocycles. The third-order valence-corrected chi connectivity index (χ3v) is 2.57. The Labute approximate surface area is 91.7 Å². The van der Waals surface area contributed by atoms with E-state index in [9.17, 15) is 4.79 Å². The maximum atomic E-state index is 11.0. The number of ether oxygens (including phenoxy) is 1. The first-order chi connectivity index (χ1) is 6.94. The molecule has 0 saturated heterocycles. The van der Waals surface area contributed by atoms with Crippen LogP contribution in [0.4, 0.5) is 0 Å². The van der Waals surface area contributed by atoms with Gasteiger partial charge in [-0.2, -0.15) is 0 Å². The summed E-state index contributed by atoms with van der Waals surface area (Å²) < 4.78 is 4.99. The number of hydrogen-bond donors (Lipinski definition) is 2. The monoisotopic (exact) mass is 217 g/mol. The molecule has 0 radical (unpaired) electrons. The number of likely N-dealkylation sites (N-methyl/N-ethyl adjacent to an activating group) is 1. The van der Waals surface area contributed by atoms with Crippen LogP contribution in [-0.2, 0) is 9.53 Å². The number of nitrogens with two attached hydrogens (primary N) is 2. The molecule has 0 fully saturated rings. The van der Waals surface area contributed by atoms with Crippen LogP contribution in [0.5, 0.6) is 0 Å². The highest BCUT2D eigenvalue weighted by molar-refractivity contribution is 5.83. The van der Waals surface area contributed by atoms with Crippen molar-refractivity contribution in [3.05, 3.63) is 0 Å². The zero-order valence-corrected chi connectivity index (χ0v) is 9.95. The molecule has 1 atom stereocenters. The second-order valence-electron chi connectivity index (χ2n) is 3.96. The molecule has 1 unspecified atom stereocenters. The summed E-state index contributed by atoms with van der Waals surface area (Å²) in [6, 6.07) is 0. The minimum atomic E-state index is -0.916. The fourth-order valence-electron chi connectivity index (χ4n) is 1.16. The van der Waals surface area contributed by atoms with E-state index < -0.39 is 11.4 Å². The van der Waals surface area contributed by atoms with Crippen LogP contribution < -0.4 is 11.5 Å². The zero-order chi connectivity index (χ0) is 11.9. The molecule has 0 aromatic carbocycles. The maximum absolute atomic E-state index is 11.0. The van der Waals surface area contributed by atoms with Gasteiger partial charge in [0.2, 0.25) is 5.91 Å². The van der Waals surface area contributed by atoms with Crippen LogP contribution in [0.3, 0.4) is 0 Å². The summed E-state index contributed by atoms with van der Waals surface area (Å²) in [5.74, 6) is -0.453. The number of rotatable bonds is 8. The van der Waals surface area contributed by atoms with Gasteiger partial charge in [-0.3, -0.25) is 4.79 Å². The SMILES string of the molecule is CCN(CCOC)CCC(C)(N)C(N)=O. The summed E-state index contributed by atoms with van der Waals surface area (Å²) in [7, 11) is 1.67. The van der Waals surface area contributed by atoms with E-state index in [1.165, 1.54) is 0 Å². The smallest absolute Gasteiger partial charge is 0.237 e. The molecule has 1 amide bonds. The van der Waals surface area contributed by atoms with Crippen molar-refractivity contribution in [3.63, 3.8) is 0 Å². The van der Waals surface area contributed by atoms with E-state index in [2.05, 4.69) is 11.8 Å². The second kappa shape index (κ2) is 6.76. The number of carbonyl (C=O) groups is 1. The molecule has 15 heavy (non-hydrogen) atoms. The number of primary amides is 1. The van der Waals surface area contributed by atoms with Crippen LogP contribution in [0.25, 0.3) is 0 Å². The lowest BCUT2D eigenvalue weighted by Gasteiger charge is -2.26. The van der Waals surface area contributed by atoms with Crippen molar-refractivity contribution >= 4 is 5.91 Å². The molecule has 4 N–H and O–H groups in total. The van der Waals surface area contributed by atoms with E-state index in [0.29, 0.717) is 13.0 Å². The predicted octanol–water partition coefficient (Wildman–Crippen LogP) is -0.452. The van der Waals surface area contributed by atoms with Crippen LogP contribution in [0, 0.1) is 0 Å². The van der Waals surface area contributed by atoms with Crippen LogP contribution >= 0.6 is 0 Å². The Hall–Kier alpha value is -0.650. The fraction of sp³-hybridized carbons (Fsp3) is 0.900. The molecule has 0 aromatic heterocycles. The third-order valence-electron chi connectivity index (χ3n) is 2.57. The Kier molecular flexibility index (Phi) is 6.47. The first kappa shape index (κ1) is 14.3. The van der Waals surface area contributed by atoms with E-state index in [1.54, 1.807) is 14.0 Å².